The highest BCUT2D eigenvalue weighted by molar-refractivity contribution is 9.09. The molecule has 0 radical (unpaired) electrons. The number of carboxylic acid groups (broad SMARTS) is 1. The van der Waals surface area contributed by atoms with Gasteiger partial charge in [0.05, 0.1) is 0 Å². The van der Waals surface area contributed by atoms with Gasteiger partial charge in [0.25, 0.3) is 0 Å². The van der Waals surface area contributed by atoms with Crippen molar-refractivity contribution in [2.75, 3.05) is 0 Å². The number of halogens is 1. The van der Waals surface area contributed by atoms with Crippen molar-refractivity contribution in [3.8, 4) is 0 Å². The average molecular weight is 279 g/mol. The molecular formula is C12H23BrO2. The van der Waals surface area contributed by atoms with Gasteiger partial charge in [-0.15, -0.1) is 0 Å². The number of hydrogen-bond acceptors (Lipinski definition) is 1. The quantitative estimate of drug-likeness (QED) is 0.476. The predicted octanol–water partition coefficient (Wildman–Crippen LogP) is 4.37. The first kappa shape index (κ1) is 14.9. The zero-order valence-electron chi connectivity index (χ0n) is 9.67. The Hall–Kier alpha value is -0.0500. The second kappa shape index (κ2) is 10.5. The number of hydrogen-bond donors (Lipinski definition) is 1. The van der Waals surface area contributed by atoms with E-state index in [1.54, 1.807) is 0 Å². The lowest BCUT2D eigenvalue weighted by molar-refractivity contribution is -0.137. The molecule has 0 saturated carbocycles. The lowest BCUT2D eigenvalue weighted by atomic mass is 10.1. The number of rotatable bonds is 10. The van der Waals surface area contributed by atoms with E-state index in [0.29, 0.717) is 11.2 Å². The monoisotopic (exact) mass is 278 g/mol. The highest BCUT2D eigenvalue weighted by Crippen LogP contribution is 2.16. The fourth-order valence-electron chi connectivity index (χ4n) is 1.63. The summed E-state index contributed by atoms with van der Waals surface area (Å²) in [6.45, 7) is 2.21. The molecule has 0 aliphatic carbocycles. The molecule has 90 valence electrons. The Morgan fingerprint density at radius 2 is 1.73 bits per heavy atom. The van der Waals surface area contributed by atoms with Crippen molar-refractivity contribution in [3.05, 3.63) is 0 Å². The minimum atomic E-state index is -0.668. The first-order chi connectivity index (χ1) is 7.16. The molecule has 0 spiro atoms. The third-order valence-electron chi connectivity index (χ3n) is 2.51. The number of carboxylic acids is 1. The van der Waals surface area contributed by atoms with Crippen molar-refractivity contribution in [2.45, 2.75) is 69.5 Å². The van der Waals surface area contributed by atoms with Gasteiger partial charge in [-0.25, -0.2) is 0 Å². The van der Waals surface area contributed by atoms with Gasteiger partial charge in [-0.2, -0.15) is 0 Å². The van der Waals surface area contributed by atoms with Crippen LogP contribution in [0.1, 0.15) is 64.7 Å². The van der Waals surface area contributed by atoms with Crippen molar-refractivity contribution >= 4 is 21.9 Å². The summed E-state index contributed by atoms with van der Waals surface area (Å²) >= 11 is 3.66. The molecule has 2 nitrogen and oxygen atoms in total. The van der Waals surface area contributed by atoms with Crippen LogP contribution in [0.3, 0.4) is 0 Å². The highest BCUT2D eigenvalue weighted by Gasteiger charge is 2.02. The van der Waals surface area contributed by atoms with Crippen LogP contribution < -0.4 is 0 Å². The van der Waals surface area contributed by atoms with Crippen LogP contribution in [0.15, 0.2) is 0 Å². The predicted molar refractivity (Wildman–Crippen MR) is 67.6 cm³/mol. The molecule has 0 aromatic rings. The standard InChI is InChI=1S/C12H23BrO2/c1-2-8-11(13)9-6-4-3-5-7-10-12(14)15/h11H,2-10H2,1H3,(H,14,15). The van der Waals surface area contributed by atoms with E-state index in [4.69, 9.17) is 5.11 Å². The Bertz CT molecular complexity index is 160. The molecule has 1 unspecified atom stereocenters. The topological polar surface area (TPSA) is 37.3 Å². The van der Waals surface area contributed by atoms with E-state index >= 15 is 0 Å². The SMILES string of the molecule is CCCC(Br)CCCCCCCC(=O)O. The lowest BCUT2D eigenvalue weighted by Crippen LogP contribution is -1.97. The van der Waals surface area contributed by atoms with Gasteiger partial charge >= 0.3 is 5.97 Å². The molecule has 15 heavy (non-hydrogen) atoms. The first-order valence-electron chi connectivity index (χ1n) is 6.02. The zero-order valence-corrected chi connectivity index (χ0v) is 11.3. The molecule has 0 aliphatic heterocycles. The number of aliphatic carboxylic acids is 1. The van der Waals surface area contributed by atoms with Gasteiger partial charge in [0, 0.05) is 11.2 Å². The van der Waals surface area contributed by atoms with Crippen LogP contribution in [0.2, 0.25) is 0 Å². The van der Waals surface area contributed by atoms with Crippen LogP contribution in [-0.2, 0) is 4.79 Å². The van der Waals surface area contributed by atoms with Crippen molar-refractivity contribution < 1.29 is 9.90 Å². The van der Waals surface area contributed by atoms with Gasteiger partial charge in [0.15, 0.2) is 0 Å². The van der Waals surface area contributed by atoms with Gasteiger partial charge in [-0.05, 0) is 19.3 Å². The van der Waals surface area contributed by atoms with Crippen LogP contribution in [0.5, 0.6) is 0 Å². The summed E-state index contributed by atoms with van der Waals surface area (Å²) in [5.41, 5.74) is 0. The maximum Gasteiger partial charge on any atom is 0.303 e. The maximum absolute atomic E-state index is 10.2. The fraction of sp³-hybridized carbons (Fsp3) is 0.917. The van der Waals surface area contributed by atoms with Gasteiger partial charge in [-0.3, -0.25) is 4.79 Å². The van der Waals surface area contributed by atoms with Crippen molar-refractivity contribution in [2.24, 2.45) is 0 Å². The van der Waals surface area contributed by atoms with Crippen LogP contribution in [0.25, 0.3) is 0 Å². The summed E-state index contributed by atoms with van der Waals surface area (Å²) in [5, 5.41) is 8.44. The largest absolute Gasteiger partial charge is 0.481 e. The van der Waals surface area contributed by atoms with E-state index in [-0.39, 0.29) is 0 Å². The van der Waals surface area contributed by atoms with E-state index < -0.39 is 5.97 Å². The molecule has 0 fully saturated rings. The molecule has 1 N–H and O–H groups in total. The summed E-state index contributed by atoms with van der Waals surface area (Å²) in [5.74, 6) is -0.668. The third kappa shape index (κ3) is 11.9. The molecule has 0 aliphatic rings. The Balaban J connectivity index is 3.07. The first-order valence-corrected chi connectivity index (χ1v) is 6.94. The normalized spacial score (nSPS) is 12.7. The van der Waals surface area contributed by atoms with Gasteiger partial charge in [-0.1, -0.05) is 55.0 Å². The van der Waals surface area contributed by atoms with Crippen molar-refractivity contribution in [3.63, 3.8) is 0 Å². The third-order valence-corrected chi connectivity index (χ3v) is 3.43. The van der Waals surface area contributed by atoms with Crippen LogP contribution in [-0.4, -0.2) is 15.9 Å². The van der Waals surface area contributed by atoms with Crippen LogP contribution >= 0.6 is 15.9 Å². The molecule has 0 bridgehead atoms. The van der Waals surface area contributed by atoms with Crippen LogP contribution in [0.4, 0.5) is 0 Å². The maximum atomic E-state index is 10.2. The van der Waals surface area contributed by atoms with E-state index in [0.717, 1.165) is 12.8 Å². The van der Waals surface area contributed by atoms with Crippen molar-refractivity contribution in [1.29, 1.82) is 0 Å². The Morgan fingerprint density at radius 3 is 2.33 bits per heavy atom. The molecule has 1 atom stereocenters. The molecular weight excluding hydrogens is 256 g/mol. The molecule has 0 aromatic heterocycles. The summed E-state index contributed by atoms with van der Waals surface area (Å²) in [6.07, 6.45) is 9.68. The minimum Gasteiger partial charge on any atom is -0.481 e. The Labute approximate surface area is 102 Å². The molecule has 0 heterocycles. The second-order valence-corrected chi connectivity index (χ2v) is 5.38. The Kier molecular flexibility index (Phi) is 10.4. The molecule has 0 rings (SSSR count). The van der Waals surface area contributed by atoms with Gasteiger partial charge < -0.3 is 5.11 Å². The van der Waals surface area contributed by atoms with Gasteiger partial charge in [0.2, 0.25) is 0 Å². The smallest absolute Gasteiger partial charge is 0.303 e. The van der Waals surface area contributed by atoms with E-state index in [1.165, 1.54) is 38.5 Å². The fourth-order valence-corrected chi connectivity index (χ4v) is 2.41. The van der Waals surface area contributed by atoms with Crippen LogP contribution in [0, 0.1) is 0 Å². The summed E-state index contributed by atoms with van der Waals surface area (Å²) < 4.78 is 0. The number of unbranched alkanes of at least 4 members (excludes halogenated alkanes) is 4. The lowest BCUT2D eigenvalue weighted by Gasteiger charge is -2.07. The number of alkyl halides is 1. The summed E-state index contributed by atoms with van der Waals surface area (Å²) in [4.78, 5) is 10.9. The van der Waals surface area contributed by atoms with Gasteiger partial charge in [0.1, 0.15) is 0 Å². The number of carbonyl (C=O) groups is 1. The van der Waals surface area contributed by atoms with E-state index in [9.17, 15) is 4.79 Å². The minimum absolute atomic E-state index is 0.330. The highest BCUT2D eigenvalue weighted by atomic mass is 79.9. The summed E-state index contributed by atoms with van der Waals surface area (Å²) in [7, 11) is 0. The molecule has 0 saturated heterocycles. The average Bonchev–Trinajstić information content (AvgIpc) is 2.16. The van der Waals surface area contributed by atoms with E-state index in [2.05, 4.69) is 22.9 Å². The Morgan fingerprint density at radius 1 is 1.13 bits per heavy atom. The second-order valence-electron chi connectivity index (χ2n) is 4.09. The molecule has 0 amide bonds. The zero-order chi connectivity index (χ0) is 11.5. The van der Waals surface area contributed by atoms with Crippen molar-refractivity contribution in [1.82, 2.24) is 0 Å². The van der Waals surface area contributed by atoms with E-state index in [1.807, 2.05) is 0 Å². The molecule has 3 heteroatoms. The summed E-state index contributed by atoms with van der Waals surface area (Å²) in [6, 6.07) is 0. The molecule has 0 aromatic carbocycles.